The molecule has 0 aromatic carbocycles. The van der Waals surface area contributed by atoms with Gasteiger partial charge in [-0.15, -0.1) is 11.6 Å². The molecule has 22 heavy (non-hydrogen) atoms. The van der Waals surface area contributed by atoms with Crippen molar-refractivity contribution in [1.82, 2.24) is 0 Å². The number of hydrogen-bond acceptors (Lipinski definition) is 4. The normalized spacial score (nSPS) is 14.7. The zero-order chi connectivity index (χ0) is 16.8. The van der Waals surface area contributed by atoms with E-state index in [9.17, 15) is 4.79 Å². The minimum atomic E-state index is -0.222. The Hall–Kier alpha value is -0.580. The third-order valence-electron chi connectivity index (χ3n) is 3.34. The average molecular weight is 335 g/mol. The Balaban J connectivity index is 3.94. The summed E-state index contributed by atoms with van der Waals surface area (Å²) in [6.45, 7) is 6.78. The second-order valence-corrected chi connectivity index (χ2v) is 5.72. The Morgan fingerprint density at radius 2 is 2.05 bits per heavy atom. The first-order valence-corrected chi connectivity index (χ1v) is 8.62. The van der Waals surface area contributed by atoms with E-state index in [0.29, 0.717) is 12.3 Å². The molecule has 0 aliphatic carbocycles. The van der Waals surface area contributed by atoms with Gasteiger partial charge in [-0.3, -0.25) is 4.79 Å². The molecule has 0 radical (unpaired) electrons. The second-order valence-electron chi connectivity index (χ2n) is 5.41. The number of hydrogen-bond donors (Lipinski definition) is 0. The predicted octanol–water partition coefficient (Wildman–Crippen LogP) is 4.45. The molecule has 0 saturated carbocycles. The van der Waals surface area contributed by atoms with Crippen LogP contribution in [0.25, 0.3) is 0 Å². The van der Waals surface area contributed by atoms with Gasteiger partial charge in [-0.25, -0.2) is 0 Å². The Labute approximate surface area is 140 Å². The van der Waals surface area contributed by atoms with Crippen molar-refractivity contribution in [3.8, 4) is 0 Å². The summed E-state index contributed by atoms with van der Waals surface area (Å²) in [5, 5.41) is 0. The van der Waals surface area contributed by atoms with Crippen LogP contribution < -0.4 is 0 Å². The summed E-state index contributed by atoms with van der Waals surface area (Å²) in [7, 11) is 1.41. The van der Waals surface area contributed by atoms with Crippen LogP contribution >= 0.6 is 11.6 Å². The lowest BCUT2D eigenvalue weighted by molar-refractivity contribution is -0.156. The molecule has 0 N–H and O–H groups in total. The highest BCUT2D eigenvalue weighted by Gasteiger charge is 2.12. The van der Waals surface area contributed by atoms with Gasteiger partial charge in [0.2, 0.25) is 0 Å². The SMILES string of the molecule is CCCCOC(C)OC(CCl)CCC=C(C)CCC(=O)OC. The first-order chi connectivity index (χ1) is 10.5. The Bertz CT molecular complexity index is 318. The van der Waals surface area contributed by atoms with Gasteiger partial charge in [0.1, 0.15) is 0 Å². The van der Waals surface area contributed by atoms with Crippen LogP contribution in [0.15, 0.2) is 11.6 Å². The average Bonchev–Trinajstić information content (AvgIpc) is 2.51. The van der Waals surface area contributed by atoms with Crippen LogP contribution in [-0.2, 0) is 19.0 Å². The summed E-state index contributed by atoms with van der Waals surface area (Å²) >= 11 is 5.95. The van der Waals surface area contributed by atoms with Crippen molar-refractivity contribution < 1.29 is 19.0 Å². The van der Waals surface area contributed by atoms with Gasteiger partial charge in [-0.2, -0.15) is 0 Å². The molecule has 0 rings (SSSR count). The number of halogens is 1. The Morgan fingerprint density at radius 3 is 2.64 bits per heavy atom. The summed E-state index contributed by atoms with van der Waals surface area (Å²) in [4.78, 5) is 11.1. The molecule has 0 heterocycles. The van der Waals surface area contributed by atoms with Gasteiger partial charge in [0, 0.05) is 18.9 Å². The van der Waals surface area contributed by atoms with Crippen molar-refractivity contribution in [2.75, 3.05) is 19.6 Å². The van der Waals surface area contributed by atoms with Crippen LogP contribution in [-0.4, -0.2) is 38.0 Å². The number of methoxy groups -OCH3 is 1. The minimum Gasteiger partial charge on any atom is -0.469 e. The van der Waals surface area contributed by atoms with E-state index in [1.807, 2.05) is 13.8 Å². The monoisotopic (exact) mass is 334 g/mol. The maximum Gasteiger partial charge on any atom is 0.305 e. The number of allylic oxidation sites excluding steroid dienone is 2. The van der Waals surface area contributed by atoms with Gasteiger partial charge in [-0.05, 0) is 39.5 Å². The molecule has 0 fully saturated rings. The zero-order valence-electron chi connectivity index (χ0n) is 14.4. The highest BCUT2D eigenvalue weighted by atomic mass is 35.5. The lowest BCUT2D eigenvalue weighted by Crippen LogP contribution is -2.24. The zero-order valence-corrected chi connectivity index (χ0v) is 15.2. The first-order valence-electron chi connectivity index (χ1n) is 8.08. The quantitative estimate of drug-likeness (QED) is 0.164. The molecule has 5 heteroatoms. The van der Waals surface area contributed by atoms with Crippen LogP contribution in [0.2, 0.25) is 0 Å². The standard InChI is InChI=1S/C17H31ClO4/c1-5-6-12-21-15(3)22-16(13-18)9-7-8-14(2)10-11-17(19)20-4/h8,15-16H,5-7,9-13H2,1-4H3. The van der Waals surface area contributed by atoms with E-state index in [1.165, 1.54) is 12.7 Å². The molecule has 0 aromatic rings. The van der Waals surface area contributed by atoms with E-state index in [0.717, 1.165) is 38.7 Å². The summed E-state index contributed by atoms with van der Waals surface area (Å²) in [5.41, 5.74) is 1.19. The molecule has 0 aromatic heterocycles. The van der Waals surface area contributed by atoms with Crippen LogP contribution in [0.5, 0.6) is 0 Å². The highest BCUT2D eigenvalue weighted by Crippen LogP contribution is 2.13. The topological polar surface area (TPSA) is 44.8 Å². The predicted molar refractivity (Wildman–Crippen MR) is 90.2 cm³/mol. The van der Waals surface area contributed by atoms with E-state index >= 15 is 0 Å². The molecular formula is C17H31ClO4. The number of alkyl halides is 1. The molecule has 2 atom stereocenters. The third kappa shape index (κ3) is 12.0. The maximum absolute atomic E-state index is 11.1. The molecular weight excluding hydrogens is 304 g/mol. The van der Waals surface area contributed by atoms with Crippen LogP contribution in [0.4, 0.5) is 0 Å². The van der Waals surface area contributed by atoms with Gasteiger partial charge < -0.3 is 14.2 Å². The second kappa shape index (κ2) is 14.0. The fourth-order valence-corrected chi connectivity index (χ4v) is 2.13. The highest BCUT2D eigenvalue weighted by molar-refractivity contribution is 6.18. The van der Waals surface area contributed by atoms with E-state index in [4.69, 9.17) is 21.1 Å². The first kappa shape index (κ1) is 21.4. The van der Waals surface area contributed by atoms with E-state index in [-0.39, 0.29) is 18.4 Å². The minimum absolute atomic E-state index is 0.0112. The van der Waals surface area contributed by atoms with Crippen molar-refractivity contribution in [3.05, 3.63) is 11.6 Å². The van der Waals surface area contributed by atoms with Crippen LogP contribution in [0, 0.1) is 0 Å². The van der Waals surface area contributed by atoms with Crippen molar-refractivity contribution in [3.63, 3.8) is 0 Å². The number of ether oxygens (including phenoxy) is 3. The summed E-state index contributed by atoms with van der Waals surface area (Å²) in [6.07, 6.45) is 6.94. The summed E-state index contributed by atoms with van der Waals surface area (Å²) in [6, 6.07) is 0. The number of esters is 1. The Kier molecular flexibility index (Phi) is 13.7. The van der Waals surface area contributed by atoms with Gasteiger partial charge in [0.05, 0.1) is 13.2 Å². The third-order valence-corrected chi connectivity index (χ3v) is 3.68. The fourth-order valence-electron chi connectivity index (χ4n) is 1.90. The lowest BCUT2D eigenvalue weighted by Gasteiger charge is -2.20. The van der Waals surface area contributed by atoms with Crippen LogP contribution in [0.3, 0.4) is 0 Å². The summed E-state index contributed by atoms with van der Waals surface area (Å²) < 4.78 is 16.0. The number of carbonyl (C=O) groups excluding carboxylic acids is 1. The molecule has 4 nitrogen and oxygen atoms in total. The molecule has 0 bridgehead atoms. The van der Waals surface area contributed by atoms with E-state index in [2.05, 4.69) is 17.7 Å². The van der Waals surface area contributed by atoms with Gasteiger partial charge >= 0.3 is 5.97 Å². The van der Waals surface area contributed by atoms with Crippen LogP contribution in [0.1, 0.15) is 59.3 Å². The lowest BCUT2D eigenvalue weighted by atomic mass is 10.1. The number of unbranched alkanes of at least 4 members (excludes halogenated alkanes) is 1. The number of carbonyl (C=O) groups is 1. The number of rotatable bonds is 13. The van der Waals surface area contributed by atoms with Crippen molar-refractivity contribution in [2.24, 2.45) is 0 Å². The molecule has 0 spiro atoms. The van der Waals surface area contributed by atoms with Gasteiger partial charge in [-0.1, -0.05) is 25.0 Å². The molecule has 130 valence electrons. The molecule has 0 amide bonds. The molecule has 0 saturated heterocycles. The molecule has 0 aliphatic rings. The van der Waals surface area contributed by atoms with E-state index < -0.39 is 0 Å². The molecule has 0 aliphatic heterocycles. The van der Waals surface area contributed by atoms with Crippen molar-refractivity contribution in [2.45, 2.75) is 71.7 Å². The maximum atomic E-state index is 11.1. The Morgan fingerprint density at radius 1 is 1.32 bits per heavy atom. The molecule has 2 unspecified atom stereocenters. The largest absolute Gasteiger partial charge is 0.469 e. The van der Waals surface area contributed by atoms with E-state index in [1.54, 1.807) is 0 Å². The summed E-state index contributed by atoms with van der Waals surface area (Å²) in [5.74, 6) is 0.282. The van der Waals surface area contributed by atoms with Crippen molar-refractivity contribution in [1.29, 1.82) is 0 Å². The van der Waals surface area contributed by atoms with Crippen molar-refractivity contribution >= 4 is 17.6 Å². The smallest absolute Gasteiger partial charge is 0.305 e. The fraction of sp³-hybridized carbons (Fsp3) is 0.824. The van der Waals surface area contributed by atoms with Gasteiger partial charge in [0.15, 0.2) is 6.29 Å². The van der Waals surface area contributed by atoms with Gasteiger partial charge in [0.25, 0.3) is 0 Å².